The number of carbonyl (C=O) groups excluding carboxylic acids is 1. The summed E-state index contributed by atoms with van der Waals surface area (Å²) in [6, 6.07) is 0. The van der Waals surface area contributed by atoms with E-state index in [2.05, 4.69) is 12.2 Å². The van der Waals surface area contributed by atoms with E-state index in [1.54, 1.807) is 0 Å². The molecule has 1 amide bonds. The molecule has 1 atom stereocenters. The second kappa shape index (κ2) is 5.17. The minimum absolute atomic E-state index is 0.0203. The van der Waals surface area contributed by atoms with Crippen LogP contribution in [0.5, 0.6) is 0 Å². The molecule has 16 heavy (non-hydrogen) atoms. The molecule has 1 aliphatic heterocycles. The standard InChI is InChI=1S/C11H21NO3S/c1-3-4-5-6-10(13)12-11(2)7-8-16(14,15)9-11/h3-9H2,1-2H3,(H,12,13)/t11-/m1/s1. The molecule has 5 heteroatoms. The topological polar surface area (TPSA) is 63.2 Å². The predicted molar refractivity (Wildman–Crippen MR) is 64.0 cm³/mol. The molecule has 0 aromatic rings. The van der Waals surface area contributed by atoms with Crippen molar-refractivity contribution in [3.63, 3.8) is 0 Å². The Morgan fingerprint density at radius 3 is 2.56 bits per heavy atom. The van der Waals surface area contributed by atoms with Gasteiger partial charge in [0, 0.05) is 6.42 Å². The van der Waals surface area contributed by atoms with Gasteiger partial charge in [0.2, 0.25) is 5.91 Å². The highest BCUT2D eigenvalue weighted by molar-refractivity contribution is 7.91. The van der Waals surface area contributed by atoms with E-state index in [9.17, 15) is 13.2 Å². The van der Waals surface area contributed by atoms with Crippen molar-refractivity contribution in [2.75, 3.05) is 11.5 Å². The van der Waals surface area contributed by atoms with Crippen LogP contribution in [0.15, 0.2) is 0 Å². The Kier molecular flexibility index (Phi) is 4.35. The van der Waals surface area contributed by atoms with Gasteiger partial charge in [-0.2, -0.15) is 0 Å². The summed E-state index contributed by atoms with van der Waals surface area (Å²) in [6.07, 6.45) is 4.05. The van der Waals surface area contributed by atoms with E-state index in [0.29, 0.717) is 12.8 Å². The van der Waals surface area contributed by atoms with Gasteiger partial charge in [-0.3, -0.25) is 4.79 Å². The van der Waals surface area contributed by atoms with Gasteiger partial charge in [-0.05, 0) is 19.8 Å². The first-order valence-corrected chi connectivity index (χ1v) is 7.70. The number of rotatable bonds is 5. The third-order valence-corrected chi connectivity index (χ3v) is 4.86. The first-order valence-electron chi connectivity index (χ1n) is 5.88. The van der Waals surface area contributed by atoms with Crippen molar-refractivity contribution in [1.82, 2.24) is 5.32 Å². The summed E-state index contributed by atoms with van der Waals surface area (Å²) in [5.41, 5.74) is -0.540. The molecule has 4 nitrogen and oxygen atoms in total. The zero-order valence-electron chi connectivity index (χ0n) is 10.1. The van der Waals surface area contributed by atoms with Crippen LogP contribution in [-0.4, -0.2) is 31.4 Å². The molecule has 0 aromatic heterocycles. The third-order valence-electron chi connectivity index (χ3n) is 2.95. The molecule has 1 saturated heterocycles. The Balaban J connectivity index is 2.39. The van der Waals surface area contributed by atoms with Gasteiger partial charge in [-0.1, -0.05) is 19.8 Å². The molecular weight excluding hydrogens is 226 g/mol. The molecule has 0 bridgehead atoms. The van der Waals surface area contributed by atoms with Gasteiger partial charge < -0.3 is 5.32 Å². The SMILES string of the molecule is CCCCCC(=O)N[C@]1(C)CCS(=O)(=O)C1. The molecule has 1 heterocycles. The Morgan fingerprint density at radius 1 is 1.38 bits per heavy atom. The van der Waals surface area contributed by atoms with Crippen molar-refractivity contribution >= 4 is 15.7 Å². The minimum Gasteiger partial charge on any atom is -0.350 e. The molecule has 1 fully saturated rings. The van der Waals surface area contributed by atoms with E-state index in [1.165, 1.54) is 0 Å². The first-order chi connectivity index (χ1) is 7.37. The number of hydrogen-bond donors (Lipinski definition) is 1. The number of sulfone groups is 1. The molecule has 0 saturated carbocycles. The van der Waals surface area contributed by atoms with Gasteiger partial charge in [0.05, 0.1) is 17.0 Å². The lowest BCUT2D eigenvalue weighted by Gasteiger charge is -2.23. The highest BCUT2D eigenvalue weighted by Crippen LogP contribution is 2.22. The largest absolute Gasteiger partial charge is 0.350 e. The summed E-state index contributed by atoms with van der Waals surface area (Å²) in [5, 5.41) is 2.85. The molecule has 0 unspecified atom stereocenters. The fourth-order valence-electron chi connectivity index (χ4n) is 2.04. The highest BCUT2D eigenvalue weighted by atomic mass is 32.2. The van der Waals surface area contributed by atoms with E-state index in [1.807, 2.05) is 6.92 Å². The van der Waals surface area contributed by atoms with E-state index in [0.717, 1.165) is 19.3 Å². The van der Waals surface area contributed by atoms with Gasteiger partial charge in [-0.25, -0.2) is 8.42 Å². The van der Waals surface area contributed by atoms with E-state index in [-0.39, 0.29) is 17.4 Å². The lowest BCUT2D eigenvalue weighted by atomic mass is 10.0. The van der Waals surface area contributed by atoms with Crippen LogP contribution in [0.1, 0.15) is 46.0 Å². The van der Waals surface area contributed by atoms with Crippen LogP contribution in [0.4, 0.5) is 0 Å². The normalized spacial score (nSPS) is 27.9. The Hall–Kier alpha value is -0.580. The smallest absolute Gasteiger partial charge is 0.220 e. The Labute approximate surface area is 97.7 Å². The summed E-state index contributed by atoms with van der Waals surface area (Å²) >= 11 is 0. The van der Waals surface area contributed by atoms with Crippen molar-refractivity contribution in [2.45, 2.75) is 51.5 Å². The zero-order valence-corrected chi connectivity index (χ0v) is 10.9. The molecule has 1 N–H and O–H groups in total. The van der Waals surface area contributed by atoms with Crippen molar-refractivity contribution in [1.29, 1.82) is 0 Å². The van der Waals surface area contributed by atoms with Crippen LogP contribution in [0.3, 0.4) is 0 Å². The number of amides is 1. The van der Waals surface area contributed by atoms with Crippen LogP contribution >= 0.6 is 0 Å². The molecule has 0 aliphatic carbocycles. The zero-order chi connectivity index (χ0) is 12.2. The van der Waals surface area contributed by atoms with Crippen LogP contribution < -0.4 is 5.32 Å². The molecule has 0 aromatic carbocycles. The lowest BCUT2D eigenvalue weighted by Crippen LogP contribution is -2.46. The van der Waals surface area contributed by atoms with Gasteiger partial charge in [0.1, 0.15) is 0 Å². The fraction of sp³-hybridized carbons (Fsp3) is 0.909. The predicted octanol–water partition coefficient (Wildman–Crippen LogP) is 1.26. The molecular formula is C11H21NO3S. The Morgan fingerprint density at radius 2 is 2.06 bits per heavy atom. The van der Waals surface area contributed by atoms with Gasteiger partial charge in [0.25, 0.3) is 0 Å². The fourth-order valence-corrected chi connectivity index (χ4v) is 4.14. The number of carbonyl (C=O) groups is 1. The maximum Gasteiger partial charge on any atom is 0.220 e. The first kappa shape index (κ1) is 13.5. The molecule has 1 rings (SSSR count). The van der Waals surface area contributed by atoms with Crippen molar-refractivity contribution in [2.24, 2.45) is 0 Å². The second-order valence-corrected chi connectivity index (χ2v) is 7.09. The average molecular weight is 247 g/mol. The highest BCUT2D eigenvalue weighted by Gasteiger charge is 2.39. The van der Waals surface area contributed by atoms with Gasteiger partial charge in [0.15, 0.2) is 9.84 Å². The third kappa shape index (κ3) is 4.12. The van der Waals surface area contributed by atoms with Gasteiger partial charge >= 0.3 is 0 Å². The quantitative estimate of drug-likeness (QED) is 0.744. The number of hydrogen-bond acceptors (Lipinski definition) is 3. The van der Waals surface area contributed by atoms with Crippen LogP contribution in [-0.2, 0) is 14.6 Å². The second-order valence-electron chi connectivity index (χ2n) is 4.91. The van der Waals surface area contributed by atoms with E-state index in [4.69, 9.17) is 0 Å². The minimum atomic E-state index is -2.94. The monoisotopic (exact) mass is 247 g/mol. The Bertz CT molecular complexity index is 350. The number of nitrogens with one attached hydrogen (secondary N) is 1. The van der Waals surface area contributed by atoms with Crippen molar-refractivity contribution < 1.29 is 13.2 Å². The van der Waals surface area contributed by atoms with Crippen LogP contribution in [0.2, 0.25) is 0 Å². The number of unbranched alkanes of at least 4 members (excludes halogenated alkanes) is 2. The molecule has 0 radical (unpaired) electrons. The van der Waals surface area contributed by atoms with Crippen molar-refractivity contribution in [3.8, 4) is 0 Å². The lowest BCUT2D eigenvalue weighted by molar-refractivity contribution is -0.122. The van der Waals surface area contributed by atoms with Crippen LogP contribution in [0.25, 0.3) is 0 Å². The molecule has 94 valence electrons. The molecule has 1 aliphatic rings. The van der Waals surface area contributed by atoms with Crippen LogP contribution in [0, 0.1) is 0 Å². The maximum atomic E-state index is 11.6. The van der Waals surface area contributed by atoms with E-state index < -0.39 is 15.4 Å². The van der Waals surface area contributed by atoms with Gasteiger partial charge in [-0.15, -0.1) is 0 Å². The maximum absolute atomic E-state index is 11.6. The van der Waals surface area contributed by atoms with E-state index >= 15 is 0 Å². The summed E-state index contributed by atoms with van der Waals surface area (Å²) in [5.74, 6) is 0.256. The summed E-state index contributed by atoms with van der Waals surface area (Å²) < 4.78 is 22.7. The summed E-state index contributed by atoms with van der Waals surface area (Å²) in [4.78, 5) is 11.6. The molecule has 0 spiro atoms. The summed E-state index contributed by atoms with van der Waals surface area (Å²) in [7, 11) is -2.94. The van der Waals surface area contributed by atoms with Crippen molar-refractivity contribution in [3.05, 3.63) is 0 Å². The summed E-state index contributed by atoms with van der Waals surface area (Å²) in [6.45, 7) is 3.90. The average Bonchev–Trinajstić information content (AvgIpc) is 2.40.